The Morgan fingerprint density at radius 3 is 2.47 bits per heavy atom. The van der Waals surface area contributed by atoms with Crippen LogP contribution in [0.4, 0.5) is 5.82 Å². The van der Waals surface area contributed by atoms with Crippen molar-refractivity contribution in [3.05, 3.63) is 53.6 Å². The molecular weight excluding hydrogens is 482 g/mol. The normalized spacial score (nSPS) is 23.3. The number of aliphatic hydroxyl groups is 1. The second-order valence-electron chi connectivity index (χ2n) is 11.5. The van der Waals surface area contributed by atoms with Gasteiger partial charge < -0.3 is 20.7 Å². The van der Waals surface area contributed by atoms with Crippen LogP contribution in [0.3, 0.4) is 0 Å². The van der Waals surface area contributed by atoms with Gasteiger partial charge in [0.05, 0.1) is 17.6 Å². The zero-order valence-corrected chi connectivity index (χ0v) is 21.5. The number of hydrogen-bond acceptors (Lipinski definition) is 8. The molecule has 1 amide bonds. The number of H-pyrrole nitrogens is 1. The number of nitrogens with one attached hydrogen (secondary N) is 1. The van der Waals surface area contributed by atoms with Crippen molar-refractivity contribution in [2.75, 3.05) is 5.73 Å². The van der Waals surface area contributed by atoms with E-state index >= 15 is 0 Å². The van der Waals surface area contributed by atoms with Gasteiger partial charge in [0.1, 0.15) is 17.7 Å². The minimum atomic E-state index is -1.02. The Morgan fingerprint density at radius 2 is 1.87 bits per heavy atom. The number of carbonyl (C=O) groups excluding carboxylic acids is 1. The molecule has 1 aliphatic carbocycles. The van der Waals surface area contributed by atoms with Crippen molar-refractivity contribution in [2.45, 2.75) is 81.9 Å². The number of aromatic nitrogens is 7. The molecule has 0 spiro atoms. The molecule has 3 atom stereocenters. The van der Waals surface area contributed by atoms with E-state index in [0.717, 1.165) is 60.9 Å². The summed E-state index contributed by atoms with van der Waals surface area (Å²) in [4.78, 5) is 27.8. The number of rotatable bonds is 5. The standard InChI is InChI=1S/C27H31N9O2/c1-27(2,38)20-8-5-15(11-29-20)19-12-32-36-23(28)21(14-3-4-14)22(33-25(19)36)16-9-17-6-7-18(10-16)35(17)26(37)24-30-13-31-34-24/h5,8,11-14,16-18,38H,3-4,6-7,9-10,28H2,1-2H3,(H,30,31,34)/t16-,17-,18+. The summed E-state index contributed by atoms with van der Waals surface area (Å²) in [6.45, 7) is 3.44. The molecule has 38 heavy (non-hydrogen) atoms. The van der Waals surface area contributed by atoms with E-state index in [4.69, 9.17) is 10.7 Å². The topological polar surface area (TPSA) is 151 Å². The Hall–Kier alpha value is -3.86. The minimum Gasteiger partial charge on any atom is -0.384 e. The maximum absolute atomic E-state index is 13.2. The minimum absolute atomic E-state index is 0.0705. The van der Waals surface area contributed by atoms with Crippen LogP contribution in [0.15, 0.2) is 30.9 Å². The molecule has 6 heterocycles. The first-order chi connectivity index (χ1) is 18.3. The SMILES string of the molecule is CC(C)(O)c1ccc(-c2cnn3c(N)c(C4CC4)c([C@@H]4C[C@H]5CC[C@@H](C4)N5C(=O)c4nnc[nH]4)nc23)cn1. The van der Waals surface area contributed by atoms with E-state index in [2.05, 4.69) is 25.3 Å². The van der Waals surface area contributed by atoms with Crippen molar-refractivity contribution in [1.82, 2.24) is 39.7 Å². The Balaban J connectivity index is 1.27. The number of amides is 1. The summed E-state index contributed by atoms with van der Waals surface area (Å²) in [6, 6.07) is 4.06. The van der Waals surface area contributed by atoms with Crippen LogP contribution in [-0.2, 0) is 5.60 Å². The van der Waals surface area contributed by atoms with Crippen molar-refractivity contribution in [3.8, 4) is 11.1 Å². The highest BCUT2D eigenvalue weighted by Crippen LogP contribution is 2.50. The smallest absolute Gasteiger partial charge is 0.292 e. The van der Waals surface area contributed by atoms with Gasteiger partial charge in [-0.3, -0.25) is 9.78 Å². The fourth-order valence-electron chi connectivity index (χ4n) is 6.43. The summed E-state index contributed by atoms with van der Waals surface area (Å²) in [6.07, 6.45) is 10.9. The molecule has 4 aromatic rings. The van der Waals surface area contributed by atoms with Gasteiger partial charge in [0, 0.05) is 40.9 Å². The van der Waals surface area contributed by atoms with Crippen molar-refractivity contribution in [2.24, 2.45) is 0 Å². The number of nitrogens with zero attached hydrogens (tertiary/aromatic N) is 7. The summed E-state index contributed by atoms with van der Waals surface area (Å²) in [5, 5.41) is 22.7. The quantitative estimate of drug-likeness (QED) is 0.368. The number of anilines is 1. The van der Waals surface area contributed by atoms with Crippen molar-refractivity contribution >= 4 is 17.4 Å². The lowest BCUT2D eigenvalue weighted by molar-refractivity contribution is 0.0557. The monoisotopic (exact) mass is 513 g/mol. The van der Waals surface area contributed by atoms with Gasteiger partial charge in [-0.2, -0.15) is 9.61 Å². The molecule has 4 aromatic heterocycles. The first-order valence-electron chi connectivity index (χ1n) is 13.3. The molecular formula is C27H31N9O2. The third kappa shape index (κ3) is 3.67. The van der Waals surface area contributed by atoms with E-state index in [1.54, 1.807) is 30.8 Å². The molecule has 0 unspecified atom stereocenters. The number of fused-ring (bicyclic) bond motifs is 3. The molecule has 0 aromatic carbocycles. The number of aromatic amines is 1. The first kappa shape index (κ1) is 23.3. The zero-order valence-electron chi connectivity index (χ0n) is 21.5. The van der Waals surface area contributed by atoms with Gasteiger partial charge in [-0.25, -0.2) is 4.98 Å². The van der Waals surface area contributed by atoms with Crippen LogP contribution in [-0.4, -0.2) is 62.8 Å². The second kappa shape index (κ2) is 8.32. The van der Waals surface area contributed by atoms with Gasteiger partial charge >= 0.3 is 0 Å². The predicted molar refractivity (Wildman–Crippen MR) is 139 cm³/mol. The molecule has 1 saturated carbocycles. The highest BCUT2D eigenvalue weighted by molar-refractivity contribution is 5.91. The van der Waals surface area contributed by atoms with Crippen LogP contribution < -0.4 is 5.73 Å². The molecule has 3 aliphatic rings. The number of nitrogens with two attached hydrogens (primary N) is 1. The molecule has 3 fully saturated rings. The highest BCUT2D eigenvalue weighted by atomic mass is 16.3. The molecule has 2 saturated heterocycles. The van der Waals surface area contributed by atoms with E-state index in [1.807, 2.05) is 17.0 Å². The van der Waals surface area contributed by atoms with E-state index in [1.165, 1.54) is 6.33 Å². The van der Waals surface area contributed by atoms with E-state index in [-0.39, 0.29) is 23.9 Å². The number of nitrogen functional groups attached to an aromatic ring is 1. The molecule has 196 valence electrons. The Kier molecular flexibility index (Phi) is 5.10. The molecule has 11 nitrogen and oxygen atoms in total. The molecule has 0 radical (unpaired) electrons. The van der Waals surface area contributed by atoms with Crippen LogP contribution in [0.1, 0.15) is 91.8 Å². The van der Waals surface area contributed by atoms with E-state index < -0.39 is 5.60 Å². The zero-order chi connectivity index (χ0) is 26.2. The lowest BCUT2D eigenvalue weighted by Gasteiger charge is -2.39. The van der Waals surface area contributed by atoms with E-state index in [9.17, 15) is 9.90 Å². The summed E-state index contributed by atoms with van der Waals surface area (Å²) >= 11 is 0. The van der Waals surface area contributed by atoms with Gasteiger partial charge in [-0.1, -0.05) is 6.07 Å². The van der Waals surface area contributed by atoms with Crippen molar-refractivity contribution in [1.29, 1.82) is 0 Å². The Bertz CT molecular complexity index is 1500. The van der Waals surface area contributed by atoms with E-state index in [0.29, 0.717) is 28.9 Å². The van der Waals surface area contributed by atoms with Gasteiger partial charge in [0.25, 0.3) is 5.91 Å². The summed E-state index contributed by atoms with van der Waals surface area (Å²) in [7, 11) is 0. The summed E-state index contributed by atoms with van der Waals surface area (Å²) in [5.74, 6) is 1.52. The third-order valence-electron chi connectivity index (χ3n) is 8.41. The fraction of sp³-hybridized carbons (Fsp3) is 0.481. The van der Waals surface area contributed by atoms with Gasteiger partial charge in [-0.05, 0) is 64.4 Å². The Morgan fingerprint density at radius 1 is 1.11 bits per heavy atom. The fourth-order valence-corrected chi connectivity index (χ4v) is 6.43. The molecule has 7 rings (SSSR count). The molecule has 11 heteroatoms. The number of hydrogen-bond donors (Lipinski definition) is 3. The van der Waals surface area contributed by atoms with Crippen molar-refractivity contribution < 1.29 is 9.90 Å². The molecule has 4 N–H and O–H groups in total. The van der Waals surface area contributed by atoms with Crippen LogP contribution >= 0.6 is 0 Å². The van der Waals surface area contributed by atoms with Crippen LogP contribution in [0.2, 0.25) is 0 Å². The van der Waals surface area contributed by atoms with Gasteiger partial charge in [0.2, 0.25) is 5.82 Å². The number of pyridine rings is 1. The number of carbonyl (C=O) groups is 1. The average molecular weight is 514 g/mol. The second-order valence-corrected chi connectivity index (χ2v) is 11.5. The van der Waals surface area contributed by atoms with Gasteiger partial charge in [-0.15, -0.1) is 10.2 Å². The molecule has 2 aliphatic heterocycles. The highest BCUT2D eigenvalue weighted by Gasteiger charge is 2.46. The maximum Gasteiger partial charge on any atom is 0.292 e. The maximum atomic E-state index is 13.2. The van der Waals surface area contributed by atoms with Gasteiger partial charge in [0.15, 0.2) is 5.65 Å². The van der Waals surface area contributed by atoms with Crippen molar-refractivity contribution in [3.63, 3.8) is 0 Å². The lowest BCUT2D eigenvalue weighted by atomic mass is 9.85. The first-order valence-corrected chi connectivity index (χ1v) is 13.3. The van der Waals surface area contributed by atoms with Crippen LogP contribution in [0.25, 0.3) is 16.8 Å². The average Bonchev–Trinajstić information content (AvgIpc) is 3.29. The Labute approximate surface area is 219 Å². The van der Waals surface area contributed by atoms with Crippen LogP contribution in [0.5, 0.6) is 0 Å². The largest absolute Gasteiger partial charge is 0.384 e. The summed E-state index contributed by atoms with van der Waals surface area (Å²) in [5.41, 5.74) is 11.0. The summed E-state index contributed by atoms with van der Waals surface area (Å²) < 4.78 is 1.76. The number of piperidine rings is 1. The lowest BCUT2D eigenvalue weighted by Crippen LogP contribution is -2.46. The predicted octanol–water partition coefficient (Wildman–Crippen LogP) is 3.15. The van der Waals surface area contributed by atoms with Crippen LogP contribution in [0, 0.1) is 0 Å². The molecule has 2 bridgehead atoms. The third-order valence-corrected chi connectivity index (χ3v) is 8.41.